The molecule has 0 spiro atoms. The average Bonchev–Trinajstić information content (AvgIpc) is 2.80. The molecule has 0 aliphatic heterocycles. The minimum absolute atomic E-state index is 0.469. The Morgan fingerprint density at radius 2 is 1.85 bits per heavy atom. The Morgan fingerprint density at radius 3 is 2.50 bits per heavy atom. The molecule has 0 unspecified atom stereocenters. The van der Waals surface area contributed by atoms with Gasteiger partial charge in [-0.25, -0.2) is 9.97 Å². The van der Waals surface area contributed by atoms with Crippen LogP contribution in [0.3, 0.4) is 0 Å². The maximum Gasteiger partial charge on any atom is 0.433 e. The number of halogens is 3. The second kappa shape index (κ2) is 4.75. The molecule has 0 saturated carbocycles. The summed E-state index contributed by atoms with van der Waals surface area (Å²) < 4.78 is 38.2. The minimum Gasteiger partial charge on any atom is -0.330 e. The molecular formula is C13H8F3N3S. The van der Waals surface area contributed by atoms with Crippen LogP contribution in [0.2, 0.25) is 0 Å². The third-order valence-electron chi connectivity index (χ3n) is 2.60. The Kier molecular flexibility index (Phi) is 3.06. The van der Waals surface area contributed by atoms with Gasteiger partial charge < -0.3 is 5.32 Å². The molecule has 3 rings (SSSR count). The first-order valence-corrected chi connectivity index (χ1v) is 6.50. The van der Waals surface area contributed by atoms with E-state index in [1.54, 1.807) is 0 Å². The van der Waals surface area contributed by atoms with Gasteiger partial charge in [-0.3, -0.25) is 0 Å². The monoisotopic (exact) mass is 295 g/mol. The summed E-state index contributed by atoms with van der Waals surface area (Å²) in [4.78, 5) is 7.73. The Bertz CT molecular complexity index is 701. The largest absolute Gasteiger partial charge is 0.433 e. The highest BCUT2D eigenvalue weighted by atomic mass is 32.1. The van der Waals surface area contributed by atoms with Gasteiger partial charge in [0.2, 0.25) is 0 Å². The zero-order valence-corrected chi connectivity index (χ0v) is 10.8. The lowest BCUT2D eigenvalue weighted by atomic mass is 10.3. The lowest BCUT2D eigenvalue weighted by Crippen LogP contribution is -2.07. The molecule has 0 radical (unpaired) electrons. The third kappa shape index (κ3) is 2.57. The number of aromatic nitrogens is 2. The molecule has 3 aromatic rings. The van der Waals surface area contributed by atoms with Gasteiger partial charge in [0, 0.05) is 0 Å². The molecule has 0 aliphatic rings. The standard InChI is InChI=1S/C13H8F3N3S/c14-13(15,16)11-6-5-8(7-17-11)18-12-19-9-3-1-2-4-10(9)20-12/h1-7H,(H,18,19). The second-order valence-corrected chi connectivity index (χ2v) is 5.07. The fourth-order valence-electron chi connectivity index (χ4n) is 1.68. The van der Waals surface area contributed by atoms with Gasteiger partial charge in [0.25, 0.3) is 0 Å². The van der Waals surface area contributed by atoms with Crippen LogP contribution in [0.4, 0.5) is 24.0 Å². The van der Waals surface area contributed by atoms with Gasteiger partial charge in [-0.2, -0.15) is 13.2 Å². The molecule has 0 aliphatic carbocycles. The van der Waals surface area contributed by atoms with E-state index in [2.05, 4.69) is 15.3 Å². The van der Waals surface area contributed by atoms with E-state index in [9.17, 15) is 13.2 Å². The van der Waals surface area contributed by atoms with Gasteiger partial charge in [-0.1, -0.05) is 23.5 Å². The van der Waals surface area contributed by atoms with Gasteiger partial charge in [-0.15, -0.1) is 0 Å². The van der Waals surface area contributed by atoms with Crippen LogP contribution in [0, 0.1) is 0 Å². The fourth-order valence-corrected chi connectivity index (χ4v) is 2.57. The quantitative estimate of drug-likeness (QED) is 0.758. The van der Waals surface area contributed by atoms with Crippen LogP contribution in [0.15, 0.2) is 42.6 Å². The van der Waals surface area contributed by atoms with Crippen LogP contribution in [-0.2, 0) is 6.18 Å². The molecule has 0 amide bonds. The number of benzene rings is 1. The van der Waals surface area contributed by atoms with Crippen molar-refractivity contribution in [1.29, 1.82) is 0 Å². The minimum atomic E-state index is -4.42. The Labute approximate surface area is 116 Å². The first-order valence-electron chi connectivity index (χ1n) is 5.68. The van der Waals surface area contributed by atoms with E-state index in [1.807, 2.05) is 24.3 Å². The molecule has 0 saturated heterocycles. The Balaban J connectivity index is 1.84. The number of thiazole rings is 1. The highest BCUT2D eigenvalue weighted by Crippen LogP contribution is 2.30. The lowest BCUT2D eigenvalue weighted by Gasteiger charge is -2.06. The van der Waals surface area contributed by atoms with Crippen LogP contribution in [0.1, 0.15) is 5.69 Å². The number of hydrogen-bond donors (Lipinski definition) is 1. The molecule has 0 atom stereocenters. The van der Waals surface area contributed by atoms with Gasteiger partial charge in [-0.05, 0) is 24.3 Å². The number of para-hydroxylation sites is 1. The highest BCUT2D eigenvalue weighted by molar-refractivity contribution is 7.22. The van der Waals surface area contributed by atoms with E-state index in [0.29, 0.717) is 10.8 Å². The van der Waals surface area contributed by atoms with E-state index in [0.717, 1.165) is 22.5 Å². The molecule has 3 nitrogen and oxygen atoms in total. The summed E-state index contributed by atoms with van der Waals surface area (Å²) in [5.41, 5.74) is 0.407. The zero-order chi connectivity index (χ0) is 14.2. The zero-order valence-electron chi connectivity index (χ0n) is 9.98. The van der Waals surface area contributed by atoms with E-state index >= 15 is 0 Å². The average molecular weight is 295 g/mol. The summed E-state index contributed by atoms with van der Waals surface area (Å²) in [6.07, 6.45) is -3.27. The number of alkyl halides is 3. The highest BCUT2D eigenvalue weighted by Gasteiger charge is 2.32. The molecule has 0 bridgehead atoms. The topological polar surface area (TPSA) is 37.8 Å². The number of fused-ring (bicyclic) bond motifs is 1. The maximum atomic E-state index is 12.4. The maximum absolute atomic E-state index is 12.4. The number of anilines is 2. The van der Waals surface area contributed by atoms with E-state index in [-0.39, 0.29) is 0 Å². The van der Waals surface area contributed by atoms with Crippen LogP contribution in [-0.4, -0.2) is 9.97 Å². The number of rotatable bonds is 2. The van der Waals surface area contributed by atoms with Crippen molar-refractivity contribution in [2.75, 3.05) is 5.32 Å². The molecule has 2 heterocycles. The predicted octanol–water partition coefficient (Wildman–Crippen LogP) is 4.45. The van der Waals surface area contributed by atoms with Crippen molar-refractivity contribution in [1.82, 2.24) is 9.97 Å². The number of pyridine rings is 1. The molecule has 7 heteroatoms. The number of nitrogens with zero attached hydrogens (tertiary/aromatic N) is 2. The van der Waals surface area contributed by atoms with Crippen LogP contribution >= 0.6 is 11.3 Å². The molecule has 20 heavy (non-hydrogen) atoms. The van der Waals surface area contributed by atoms with Crippen LogP contribution < -0.4 is 5.32 Å². The molecular weight excluding hydrogens is 287 g/mol. The molecule has 1 aromatic carbocycles. The first-order chi connectivity index (χ1) is 9.52. The van der Waals surface area contributed by atoms with Crippen molar-refractivity contribution in [3.8, 4) is 0 Å². The van der Waals surface area contributed by atoms with Gasteiger partial charge >= 0.3 is 6.18 Å². The van der Waals surface area contributed by atoms with Crippen molar-refractivity contribution in [2.24, 2.45) is 0 Å². The fraction of sp³-hybridized carbons (Fsp3) is 0.0769. The molecule has 2 aromatic heterocycles. The number of nitrogens with one attached hydrogen (secondary N) is 1. The van der Waals surface area contributed by atoms with Crippen molar-refractivity contribution >= 4 is 32.4 Å². The van der Waals surface area contributed by atoms with Crippen molar-refractivity contribution < 1.29 is 13.2 Å². The second-order valence-electron chi connectivity index (χ2n) is 4.04. The normalized spacial score (nSPS) is 11.8. The Morgan fingerprint density at radius 1 is 1.05 bits per heavy atom. The van der Waals surface area contributed by atoms with Crippen molar-refractivity contribution in [3.05, 3.63) is 48.3 Å². The summed E-state index contributed by atoms with van der Waals surface area (Å²) in [6, 6.07) is 9.87. The lowest BCUT2D eigenvalue weighted by molar-refractivity contribution is -0.141. The third-order valence-corrected chi connectivity index (χ3v) is 3.55. The van der Waals surface area contributed by atoms with E-state index < -0.39 is 11.9 Å². The molecule has 102 valence electrons. The van der Waals surface area contributed by atoms with E-state index in [4.69, 9.17) is 0 Å². The summed E-state index contributed by atoms with van der Waals surface area (Å²) >= 11 is 1.43. The summed E-state index contributed by atoms with van der Waals surface area (Å²) in [5, 5.41) is 3.57. The van der Waals surface area contributed by atoms with Gasteiger partial charge in [0.15, 0.2) is 5.13 Å². The molecule has 1 N–H and O–H groups in total. The summed E-state index contributed by atoms with van der Waals surface area (Å²) in [7, 11) is 0. The van der Waals surface area contributed by atoms with Crippen molar-refractivity contribution in [3.63, 3.8) is 0 Å². The van der Waals surface area contributed by atoms with Gasteiger partial charge in [0.1, 0.15) is 5.69 Å². The summed E-state index contributed by atoms with van der Waals surface area (Å²) in [5.74, 6) is 0. The number of hydrogen-bond acceptors (Lipinski definition) is 4. The van der Waals surface area contributed by atoms with Gasteiger partial charge in [0.05, 0.1) is 22.1 Å². The summed E-state index contributed by atoms with van der Waals surface area (Å²) in [6.45, 7) is 0. The predicted molar refractivity (Wildman–Crippen MR) is 72.1 cm³/mol. The molecule has 0 fully saturated rings. The van der Waals surface area contributed by atoms with Crippen molar-refractivity contribution in [2.45, 2.75) is 6.18 Å². The smallest absolute Gasteiger partial charge is 0.330 e. The van der Waals surface area contributed by atoms with Crippen LogP contribution in [0.5, 0.6) is 0 Å². The SMILES string of the molecule is FC(F)(F)c1ccc(Nc2nc3ccccc3s2)cn1. The van der Waals surface area contributed by atoms with Crippen LogP contribution in [0.25, 0.3) is 10.2 Å². The van der Waals surface area contributed by atoms with E-state index in [1.165, 1.54) is 17.4 Å². The Hall–Kier alpha value is -2.15. The first kappa shape index (κ1) is 12.9.